The van der Waals surface area contributed by atoms with Crippen molar-refractivity contribution in [3.05, 3.63) is 34.9 Å². The fourth-order valence-corrected chi connectivity index (χ4v) is 1.07. The fourth-order valence-electron chi connectivity index (χ4n) is 1.07. The van der Waals surface area contributed by atoms with Gasteiger partial charge in [-0.05, 0) is 6.42 Å². The quantitative estimate of drug-likeness (QED) is 0.629. The number of hydrogen-bond acceptors (Lipinski definition) is 1. The van der Waals surface area contributed by atoms with Crippen molar-refractivity contribution in [2.45, 2.75) is 12.8 Å². The van der Waals surface area contributed by atoms with Gasteiger partial charge in [0.25, 0.3) is 0 Å². The minimum Gasteiger partial charge on any atom is -0.481 e. The molecular formula is C9H6F4O2. The SMILES string of the molecule is O=C(O)CCc1c(F)c(F)cc(F)c1F. The number of aliphatic carboxylic acids is 1. The van der Waals surface area contributed by atoms with Gasteiger partial charge in [0, 0.05) is 18.1 Å². The first-order valence-corrected chi connectivity index (χ1v) is 3.97. The highest BCUT2D eigenvalue weighted by atomic mass is 19.2. The Labute approximate surface area is 82.1 Å². The van der Waals surface area contributed by atoms with Gasteiger partial charge in [0.1, 0.15) is 0 Å². The molecule has 15 heavy (non-hydrogen) atoms. The third kappa shape index (κ3) is 2.45. The van der Waals surface area contributed by atoms with E-state index in [0.29, 0.717) is 0 Å². The number of carbonyl (C=O) groups is 1. The highest BCUT2D eigenvalue weighted by Gasteiger charge is 2.19. The van der Waals surface area contributed by atoms with Crippen molar-refractivity contribution in [3.8, 4) is 0 Å². The predicted molar refractivity (Wildman–Crippen MR) is 42.2 cm³/mol. The van der Waals surface area contributed by atoms with Gasteiger partial charge in [0.15, 0.2) is 23.3 Å². The molecule has 0 bridgehead atoms. The smallest absolute Gasteiger partial charge is 0.303 e. The molecule has 0 unspecified atom stereocenters. The Morgan fingerprint density at radius 2 is 1.60 bits per heavy atom. The van der Waals surface area contributed by atoms with Crippen LogP contribution >= 0.6 is 0 Å². The van der Waals surface area contributed by atoms with Gasteiger partial charge < -0.3 is 5.11 Å². The molecule has 0 saturated carbocycles. The van der Waals surface area contributed by atoms with Gasteiger partial charge in [-0.1, -0.05) is 0 Å². The summed E-state index contributed by atoms with van der Waals surface area (Å²) in [6.07, 6.45) is -1.20. The summed E-state index contributed by atoms with van der Waals surface area (Å²) in [4.78, 5) is 10.1. The number of hydrogen-bond donors (Lipinski definition) is 1. The van der Waals surface area contributed by atoms with E-state index in [1.165, 1.54) is 0 Å². The molecule has 1 aromatic rings. The fraction of sp³-hybridized carbons (Fsp3) is 0.222. The highest BCUT2D eigenvalue weighted by molar-refractivity contribution is 5.67. The molecule has 0 amide bonds. The van der Waals surface area contributed by atoms with Crippen LogP contribution in [-0.2, 0) is 11.2 Å². The predicted octanol–water partition coefficient (Wildman–Crippen LogP) is 2.26. The van der Waals surface area contributed by atoms with Crippen molar-refractivity contribution >= 4 is 5.97 Å². The van der Waals surface area contributed by atoms with Gasteiger partial charge in [0.05, 0.1) is 0 Å². The molecule has 1 rings (SSSR count). The average Bonchev–Trinajstić information content (AvgIpc) is 2.14. The van der Waals surface area contributed by atoms with Gasteiger partial charge in [-0.25, -0.2) is 17.6 Å². The summed E-state index contributed by atoms with van der Waals surface area (Å²) >= 11 is 0. The van der Waals surface area contributed by atoms with Gasteiger partial charge in [0.2, 0.25) is 0 Å². The van der Waals surface area contributed by atoms with E-state index in [9.17, 15) is 22.4 Å². The van der Waals surface area contributed by atoms with E-state index in [4.69, 9.17) is 5.11 Å². The second-order valence-electron chi connectivity index (χ2n) is 2.84. The minimum absolute atomic E-state index is 0.0783. The summed E-state index contributed by atoms with van der Waals surface area (Å²) in [6, 6.07) is 0.0783. The first-order chi connectivity index (χ1) is 6.93. The molecule has 1 aromatic carbocycles. The van der Waals surface area contributed by atoms with Crippen LogP contribution in [0.4, 0.5) is 17.6 Å². The van der Waals surface area contributed by atoms with Crippen LogP contribution in [0.25, 0.3) is 0 Å². The lowest BCUT2D eigenvalue weighted by atomic mass is 10.1. The Bertz CT molecular complexity index is 377. The molecule has 0 heterocycles. The molecule has 82 valence electrons. The molecule has 0 aliphatic heterocycles. The maximum atomic E-state index is 12.9. The van der Waals surface area contributed by atoms with E-state index in [0.717, 1.165) is 0 Å². The normalized spacial score (nSPS) is 10.4. The zero-order valence-electron chi connectivity index (χ0n) is 7.36. The first kappa shape index (κ1) is 11.5. The largest absolute Gasteiger partial charge is 0.481 e. The summed E-state index contributed by atoms with van der Waals surface area (Å²) < 4.78 is 51.1. The lowest BCUT2D eigenvalue weighted by Gasteiger charge is -2.04. The Kier molecular flexibility index (Phi) is 3.28. The second-order valence-corrected chi connectivity index (χ2v) is 2.84. The third-order valence-corrected chi connectivity index (χ3v) is 1.79. The lowest BCUT2D eigenvalue weighted by molar-refractivity contribution is -0.136. The molecule has 1 N–H and O–H groups in total. The van der Waals surface area contributed by atoms with Crippen molar-refractivity contribution in [1.82, 2.24) is 0 Å². The van der Waals surface area contributed by atoms with Crippen LogP contribution in [0.1, 0.15) is 12.0 Å². The second kappa shape index (κ2) is 4.29. The van der Waals surface area contributed by atoms with Crippen LogP contribution < -0.4 is 0 Å². The number of carboxylic acids is 1. The Morgan fingerprint density at radius 1 is 1.13 bits per heavy atom. The summed E-state index contributed by atoms with van der Waals surface area (Å²) in [5.41, 5.74) is -0.880. The van der Waals surface area contributed by atoms with Gasteiger partial charge >= 0.3 is 5.97 Å². The first-order valence-electron chi connectivity index (χ1n) is 3.97. The van der Waals surface area contributed by atoms with Crippen molar-refractivity contribution < 1.29 is 27.5 Å². The van der Waals surface area contributed by atoms with Crippen LogP contribution in [0.2, 0.25) is 0 Å². The van der Waals surface area contributed by atoms with Crippen LogP contribution in [-0.4, -0.2) is 11.1 Å². The Morgan fingerprint density at radius 3 is 2.00 bits per heavy atom. The van der Waals surface area contributed by atoms with Gasteiger partial charge in [-0.2, -0.15) is 0 Å². The van der Waals surface area contributed by atoms with Crippen LogP contribution in [0, 0.1) is 23.3 Å². The number of rotatable bonds is 3. The van der Waals surface area contributed by atoms with E-state index in [1.807, 2.05) is 0 Å². The van der Waals surface area contributed by atoms with Crippen molar-refractivity contribution in [3.63, 3.8) is 0 Å². The van der Waals surface area contributed by atoms with E-state index in [-0.39, 0.29) is 6.07 Å². The molecule has 0 aromatic heterocycles. The monoisotopic (exact) mass is 222 g/mol. The maximum Gasteiger partial charge on any atom is 0.303 e. The molecule has 0 saturated heterocycles. The zero-order chi connectivity index (χ0) is 11.6. The standard InChI is InChI=1S/C9H6F4O2/c10-5-3-6(11)9(13)4(8(5)12)1-2-7(14)15/h3H,1-2H2,(H,14,15). The molecule has 0 aliphatic carbocycles. The minimum atomic E-state index is -1.55. The summed E-state index contributed by atoms with van der Waals surface area (Å²) in [6.45, 7) is 0. The zero-order valence-corrected chi connectivity index (χ0v) is 7.36. The number of benzene rings is 1. The molecule has 0 spiro atoms. The van der Waals surface area contributed by atoms with Crippen LogP contribution in [0.15, 0.2) is 6.07 Å². The van der Waals surface area contributed by atoms with Crippen LogP contribution in [0.3, 0.4) is 0 Å². The maximum absolute atomic E-state index is 12.9. The lowest BCUT2D eigenvalue weighted by Crippen LogP contribution is -2.06. The summed E-state index contributed by atoms with van der Waals surface area (Å²) in [5, 5.41) is 8.26. The number of halogens is 4. The molecule has 0 aliphatic rings. The van der Waals surface area contributed by atoms with Crippen molar-refractivity contribution in [2.75, 3.05) is 0 Å². The highest BCUT2D eigenvalue weighted by Crippen LogP contribution is 2.20. The van der Waals surface area contributed by atoms with Crippen LogP contribution in [0.5, 0.6) is 0 Å². The molecular weight excluding hydrogens is 216 g/mol. The van der Waals surface area contributed by atoms with E-state index in [2.05, 4.69) is 0 Å². The molecule has 0 radical (unpaired) electrons. The van der Waals surface area contributed by atoms with Gasteiger partial charge in [-0.3, -0.25) is 4.79 Å². The molecule has 2 nitrogen and oxygen atoms in total. The van der Waals surface area contributed by atoms with E-state index >= 15 is 0 Å². The summed E-state index contributed by atoms with van der Waals surface area (Å²) in [5.74, 6) is -7.47. The molecule has 0 atom stereocenters. The average molecular weight is 222 g/mol. The third-order valence-electron chi connectivity index (χ3n) is 1.79. The molecule has 6 heteroatoms. The Hall–Kier alpha value is -1.59. The Balaban J connectivity index is 3.09. The van der Waals surface area contributed by atoms with E-state index in [1.54, 1.807) is 0 Å². The van der Waals surface area contributed by atoms with Gasteiger partial charge in [-0.15, -0.1) is 0 Å². The summed E-state index contributed by atoms with van der Waals surface area (Å²) in [7, 11) is 0. The van der Waals surface area contributed by atoms with Crippen molar-refractivity contribution in [1.29, 1.82) is 0 Å². The topological polar surface area (TPSA) is 37.3 Å². The van der Waals surface area contributed by atoms with E-state index < -0.39 is 47.6 Å². The molecule has 0 fully saturated rings. The number of carboxylic acid groups (broad SMARTS) is 1. The van der Waals surface area contributed by atoms with Crippen molar-refractivity contribution in [2.24, 2.45) is 0 Å².